The van der Waals surface area contributed by atoms with Crippen LogP contribution in [0.5, 0.6) is 0 Å². The van der Waals surface area contributed by atoms with E-state index >= 15 is 0 Å². The van der Waals surface area contributed by atoms with E-state index in [9.17, 15) is 4.79 Å². The van der Waals surface area contributed by atoms with E-state index in [1.807, 2.05) is 13.8 Å². The minimum atomic E-state index is 0.0186. The van der Waals surface area contributed by atoms with Gasteiger partial charge in [-0.1, -0.05) is 13.8 Å². The molecule has 0 aliphatic rings. The monoisotopic (exact) mass is 161 g/mol. The first kappa shape index (κ1) is 10.4. The summed E-state index contributed by atoms with van der Waals surface area (Å²) in [5.74, 6) is 0.0491. The van der Waals surface area contributed by atoms with Gasteiger partial charge in [-0.25, -0.2) is 4.89 Å². The van der Waals surface area contributed by atoms with E-state index in [4.69, 9.17) is 5.26 Å². The summed E-state index contributed by atoms with van der Waals surface area (Å²) in [6, 6.07) is 0. The minimum absolute atomic E-state index is 0.0186. The summed E-state index contributed by atoms with van der Waals surface area (Å²) < 4.78 is 0. The molecule has 0 saturated carbocycles. The molecule has 0 rings (SSSR count). The molecule has 0 atom stereocenters. The number of hydrogen-bond donors (Lipinski definition) is 2. The Morgan fingerprint density at radius 1 is 1.64 bits per heavy atom. The van der Waals surface area contributed by atoms with Crippen LogP contribution >= 0.6 is 0 Å². The van der Waals surface area contributed by atoms with Gasteiger partial charge in [0.1, 0.15) is 0 Å². The van der Waals surface area contributed by atoms with Crippen LogP contribution in [-0.2, 0) is 9.68 Å². The van der Waals surface area contributed by atoms with Gasteiger partial charge in [0.2, 0.25) is 5.91 Å². The van der Waals surface area contributed by atoms with E-state index in [1.54, 1.807) is 0 Å². The van der Waals surface area contributed by atoms with Crippen molar-refractivity contribution in [2.75, 3.05) is 13.2 Å². The molecule has 0 spiro atoms. The van der Waals surface area contributed by atoms with Gasteiger partial charge in [-0.05, 0) is 6.42 Å². The minimum Gasteiger partial charge on any atom is -0.356 e. The van der Waals surface area contributed by atoms with Crippen molar-refractivity contribution in [1.82, 2.24) is 5.32 Å². The Morgan fingerprint density at radius 3 is 2.73 bits per heavy atom. The van der Waals surface area contributed by atoms with Crippen LogP contribution in [0.25, 0.3) is 0 Å². The summed E-state index contributed by atoms with van der Waals surface area (Å²) in [5, 5.41) is 10.6. The molecule has 0 fully saturated rings. The highest BCUT2D eigenvalue weighted by Gasteiger charge is 2.04. The second-order valence-corrected chi connectivity index (χ2v) is 2.63. The second-order valence-electron chi connectivity index (χ2n) is 2.63. The number of amides is 1. The molecule has 11 heavy (non-hydrogen) atoms. The molecule has 2 N–H and O–H groups in total. The van der Waals surface area contributed by atoms with Crippen molar-refractivity contribution in [1.29, 1.82) is 0 Å². The maximum atomic E-state index is 10.9. The zero-order valence-electron chi connectivity index (χ0n) is 6.96. The lowest BCUT2D eigenvalue weighted by Crippen LogP contribution is -2.29. The standard InChI is InChI=1S/C7H15NO3/c1-6(2)7(9)8-4-3-5-11-10/h6,10H,3-5H2,1-2H3,(H,8,9). The van der Waals surface area contributed by atoms with Gasteiger partial charge in [0.05, 0.1) is 6.61 Å². The molecule has 4 heteroatoms. The molecular weight excluding hydrogens is 146 g/mol. The Hall–Kier alpha value is -0.610. The zero-order chi connectivity index (χ0) is 8.69. The van der Waals surface area contributed by atoms with Crippen molar-refractivity contribution in [3.63, 3.8) is 0 Å². The fraction of sp³-hybridized carbons (Fsp3) is 0.857. The third-order valence-electron chi connectivity index (χ3n) is 1.24. The van der Waals surface area contributed by atoms with Crippen molar-refractivity contribution in [3.05, 3.63) is 0 Å². The molecule has 4 nitrogen and oxygen atoms in total. The zero-order valence-corrected chi connectivity index (χ0v) is 6.96. The molecule has 66 valence electrons. The summed E-state index contributed by atoms with van der Waals surface area (Å²) in [4.78, 5) is 14.7. The third kappa shape index (κ3) is 5.82. The fourth-order valence-electron chi connectivity index (χ4n) is 0.552. The average molecular weight is 161 g/mol. The Morgan fingerprint density at radius 2 is 2.27 bits per heavy atom. The van der Waals surface area contributed by atoms with E-state index in [0.29, 0.717) is 13.0 Å². The van der Waals surface area contributed by atoms with Crippen molar-refractivity contribution in [3.8, 4) is 0 Å². The summed E-state index contributed by atoms with van der Waals surface area (Å²) in [5.41, 5.74) is 0. The topological polar surface area (TPSA) is 58.6 Å². The average Bonchev–Trinajstić information content (AvgIpc) is 1.97. The molecule has 0 saturated heterocycles. The van der Waals surface area contributed by atoms with Crippen LogP contribution in [0.3, 0.4) is 0 Å². The Balaban J connectivity index is 3.18. The molecule has 0 radical (unpaired) electrons. The van der Waals surface area contributed by atoms with Gasteiger partial charge < -0.3 is 5.32 Å². The summed E-state index contributed by atoms with van der Waals surface area (Å²) >= 11 is 0. The predicted molar refractivity (Wildman–Crippen MR) is 41.0 cm³/mol. The number of rotatable bonds is 5. The number of carbonyl (C=O) groups is 1. The molecule has 0 aromatic rings. The maximum Gasteiger partial charge on any atom is 0.222 e. The molecule has 0 heterocycles. The number of carbonyl (C=O) groups excluding carboxylic acids is 1. The number of nitrogens with one attached hydrogen (secondary N) is 1. The summed E-state index contributed by atoms with van der Waals surface area (Å²) in [6.07, 6.45) is 0.634. The van der Waals surface area contributed by atoms with E-state index in [-0.39, 0.29) is 18.4 Å². The van der Waals surface area contributed by atoms with Crippen LogP contribution in [-0.4, -0.2) is 24.3 Å². The highest BCUT2D eigenvalue weighted by molar-refractivity contribution is 5.77. The van der Waals surface area contributed by atoms with Gasteiger partial charge in [0.15, 0.2) is 0 Å². The molecular formula is C7H15NO3. The molecule has 0 aliphatic heterocycles. The van der Waals surface area contributed by atoms with E-state index in [2.05, 4.69) is 10.2 Å². The molecule has 1 amide bonds. The SMILES string of the molecule is CC(C)C(=O)NCCCOO. The highest BCUT2D eigenvalue weighted by Crippen LogP contribution is 1.90. The normalized spacial score (nSPS) is 10.2. The van der Waals surface area contributed by atoms with Crippen molar-refractivity contribution >= 4 is 5.91 Å². The lowest BCUT2D eigenvalue weighted by molar-refractivity contribution is -0.242. The van der Waals surface area contributed by atoms with Crippen LogP contribution < -0.4 is 5.32 Å². The summed E-state index contributed by atoms with van der Waals surface area (Å²) in [7, 11) is 0. The third-order valence-corrected chi connectivity index (χ3v) is 1.24. The van der Waals surface area contributed by atoms with Gasteiger partial charge in [0.25, 0.3) is 0 Å². The summed E-state index contributed by atoms with van der Waals surface area (Å²) in [6.45, 7) is 4.48. The predicted octanol–water partition coefficient (Wildman–Crippen LogP) is 0.638. The molecule has 0 aliphatic carbocycles. The van der Waals surface area contributed by atoms with Crippen LogP contribution in [0.15, 0.2) is 0 Å². The maximum absolute atomic E-state index is 10.9. The molecule has 0 aromatic heterocycles. The van der Waals surface area contributed by atoms with Crippen LogP contribution in [0.2, 0.25) is 0 Å². The molecule has 0 aromatic carbocycles. The van der Waals surface area contributed by atoms with Crippen LogP contribution in [0.4, 0.5) is 0 Å². The van der Waals surface area contributed by atoms with Crippen LogP contribution in [0, 0.1) is 5.92 Å². The van der Waals surface area contributed by atoms with Crippen LogP contribution in [0.1, 0.15) is 20.3 Å². The van der Waals surface area contributed by atoms with Gasteiger partial charge in [-0.15, -0.1) is 0 Å². The Kier molecular flexibility index (Phi) is 5.78. The first-order chi connectivity index (χ1) is 5.18. The van der Waals surface area contributed by atoms with Crippen molar-refractivity contribution in [2.24, 2.45) is 5.92 Å². The number of hydrogen-bond acceptors (Lipinski definition) is 3. The van der Waals surface area contributed by atoms with E-state index in [1.165, 1.54) is 0 Å². The smallest absolute Gasteiger partial charge is 0.222 e. The first-order valence-electron chi connectivity index (χ1n) is 3.72. The lowest BCUT2D eigenvalue weighted by atomic mass is 10.2. The highest BCUT2D eigenvalue weighted by atomic mass is 17.1. The first-order valence-corrected chi connectivity index (χ1v) is 3.72. The Labute approximate surface area is 66.5 Å². The Bertz CT molecular complexity index is 114. The second kappa shape index (κ2) is 6.12. The van der Waals surface area contributed by atoms with Crippen molar-refractivity contribution < 1.29 is 14.9 Å². The van der Waals surface area contributed by atoms with E-state index < -0.39 is 0 Å². The van der Waals surface area contributed by atoms with Gasteiger partial charge in [-0.3, -0.25) is 10.1 Å². The largest absolute Gasteiger partial charge is 0.356 e. The van der Waals surface area contributed by atoms with Gasteiger partial charge >= 0.3 is 0 Å². The van der Waals surface area contributed by atoms with E-state index in [0.717, 1.165) is 0 Å². The van der Waals surface area contributed by atoms with Gasteiger partial charge in [-0.2, -0.15) is 0 Å². The molecule has 0 unspecified atom stereocenters. The quantitative estimate of drug-likeness (QED) is 0.353. The molecule has 0 bridgehead atoms. The van der Waals surface area contributed by atoms with Crippen molar-refractivity contribution in [2.45, 2.75) is 20.3 Å². The fourth-order valence-corrected chi connectivity index (χ4v) is 0.552. The lowest BCUT2D eigenvalue weighted by Gasteiger charge is -2.05. The van der Waals surface area contributed by atoms with Gasteiger partial charge in [0, 0.05) is 12.5 Å².